The third-order valence-corrected chi connectivity index (χ3v) is 4.43. The maximum atomic E-state index is 12.0. The van der Waals surface area contributed by atoms with Crippen LogP contribution >= 0.6 is 11.8 Å². The highest BCUT2D eigenvalue weighted by atomic mass is 32.2. The molecule has 0 saturated carbocycles. The first-order valence-corrected chi connectivity index (χ1v) is 7.69. The molecule has 0 spiro atoms. The molecule has 8 nitrogen and oxygen atoms in total. The largest absolute Gasteiger partial charge is 0.502 e. The van der Waals surface area contributed by atoms with Crippen molar-refractivity contribution in [2.45, 2.75) is 0 Å². The number of nitro benzene ring substituents is 1. The van der Waals surface area contributed by atoms with E-state index >= 15 is 0 Å². The molecule has 0 radical (unpaired) electrons. The molecule has 0 aliphatic carbocycles. The molecule has 0 aromatic heterocycles. The molecule has 120 valence electrons. The van der Waals surface area contributed by atoms with E-state index in [9.17, 15) is 20.0 Å². The van der Waals surface area contributed by atoms with Gasteiger partial charge in [-0.1, -0.05) is 6.07 Å². The summed E-state index contributed by atoms with van der Waals surface area (Å²) in [6.45, 7) is 2.54. The second-order valence-electron chi connectivity index (χ2n) is 4.91. The van der Waals surface area contributed by atoms with Crippen molar-refractivity contribution >= 4 is 34.6 Å². The Kier molecular flexibility index (Phi) is 4.30. The molecule has 9 heteroatoms. The lowest BCUT2D eigenvalue weighted by molar-refractivity contribution is -0.385. The quantitative estimate of drug-likeness (QED) is 0.497. The number of amides is 1. The second-order valence-corrected chi connectivity index (χ2v) is 5.92. The highest BCUT2D eigenvalue weighted by molar-refractivity contribution is 8.18. The van der Waals surface area contributed by atoms with Crippen molar-refractivity contribution in [1.82, 2.24) is 4.90 Å². The number of carbonyl (C=O) groups excluding carboxylic acids is 1. The van der Waals surface area contributed by atoms with Gasteiger partial charge in [-0.05, 0) is 29.5 Å². The number of thioether (sulfide) groups is 1. The summed E-state index contributed by atoms with van der Waals surface area (Å²) in [7, 11) is 0. The van der Waals surface area contributed by atoms with Crippen LogP contribution in [0.1, 0.15) is 5.56 Å². The van der Waals surface area contributed by atoms with Gasteiger partial charge in [0, 0.05) is 19.2 Å². The highest BCUT2D eigenvalue weighted by Crippen LogP contribution is 2.32. The molecule has 23 heavy (non-hydrogen) atoms. The topological polar surface area (TPSA) is 105 Å². The number of carbonyl (C=O) groups is 1. The molecule has 1 N–H and O–H groups in total. The van der Waals surface area contributed by atoms with Crippen LogP contribution in [0.25, 0.3) is 6.08 Å². The average molecular weight is 335 g/mol. The Morgan fingerprint density at radius 1 is 1.39 bits per heavy atom. The Morgan fingerprint density at radius 3 is 2.83 bits per heavy atom. The normalized spacial score (nSPS) is 20.0. The van der Waals surface area contributed by atoms with Crippen LogP contribution in [0.2, 0.25) is 0 Å². The Labute approximate surface area is 135 Å². The molecule has 2 heterocycles. The van der Waals surface area contributed by atoms with Crippen molar-refractivity contribution in [1.29, 1.82) is 0 Å². The van der Waals surface area contributed by atoms with Crippen molar-refractivity contribution in [3.05, 3.63) is 38.8 Å². The maximum Gasteiger partial charge on any atom is 0.311 e. The van der Waals surface area contributed by atoms with E-state index in [-0.39, 0.29) is 5.91 Å². The second kappa shape index (κ2) is 6.39. The van der Waals surface area contributed by atoms with E-state index in [1.807, 2.05) is 4.90 Å². The molecule has 2 aliphatic rings. The minimum absolute atomic E-state index is 0.368. The first kappa shape index (κ1) is 15.5. The van der Waals surface area contributed by atoms with Crippen LogP contribution in [0.5, 0.6) is 5.75 Å². The van der Waals surface area contributed by atoms with Gasteiger partial charge >= 0.3 is 5.69 Å². The summed E-state index contributed by atoms with van der Waals surface area (Å²) in [6.07, 6.45) is 1.54. The predicted molar refractivity (Wildman–Crippen MR) is 85.2 cm³/mol. The Balaban J connectivity index is 1.80. The number of phenolic OH excluding ortho intramolecular Hbond substituents is 1. The van der Waals surface area contributed by atoms with E-state index in [1.165, 1.54) is 36.0 Å². The number of phenols is 1. The van der Waals surface area contributed by atoms with Crippen LogP contribution in [0, 0.1) is 10.1 Å². The lowest BCUT2D eigenvalue weighted by Gasteiger charge is -2.27. The van der Waals surface area contributed by atoms with Gasteiger partial charge in [0.15, 0.2) is 10.9 Å². The lowest BCUT2D eigenvalue weighted by atomic mass is 10.1. The van der Waals surface area contributed by atoms with Gasteiger partial charge in [0.25, 0.3) is 5.91 Å². The molecule has 3 rings (SSSR count). The van der Waals surface area contributed by atoms with Crippen LogP contribution in [0.3, 0.4) is 0 Å². The number of hydrogen-bond acceptors (Lipinski definition) is 7. The number of ether oxygens (including phenoxy) is 1. The number of nitro groups is 1. The van der Waals surface area contributed by atoms with Crippen molar-refractivity contribution in [3.63, 3.8) is 0 Å². The molecule has 0 unspecified atom stereocenters. The standard InChI is InChI=1S/C14H13N3O5S/c18-11-2-1-9(7-10(11)17(20)21)8-12-13(19)15-14(23-12)16-3-5-22-6-4-16/h1-2,7-8,18H,3-6H2. The molecule has 1 saturated heterocycles. The zero-order valence-corrected chi connectivity index (χ0v) is 12.8. The van der Waals surface area contributed by atoms with Crippen molar-refractivity contribution in [2.24, 2.45) is 4.99 Å². The molecule has 2 aliphatic heterocycles. The molecule has 1 aromatic carbocycles. The van der Waals surface area contributed by atoms with Gasteiger partial charge in [-0.2, -0.15) is 4.99 Å². The van der Waals surface area contributed by atoms with Crippen LogP contribution in [-0.4, -0.2) is 52.3 Å². The van der Waals surface area contributed by atoms with Crippen LogP contribution in [-0.2, 0) is 9.53 Å². The molecular formula is C14H13N3O5S. The van der Waals surface area contributed by atoms with E-state index in [1.54, 1.807) is 0 Å². The van der Waals surface area contributed by atoms with Gasteiger partial charge in [-0.25, -0.2) is 0 Å². The summed E-state index contributed by atoms with van der Waals surface area (Å²) < 4.78 is 5.26. The smallest absolute Gasteiger partial charge is 0.311 e. The maximum absolute atomic E-state index is 12.0. The summed E-state index contributed by atoms with van der Waals surface area (Å²) in [6, 6.07) is 3.97. The Bertz CT molecular complexity index is 725. The first-order chi connectivity index (χ1) is 11.0. The van der Waals surface area contributed by atoms with E-state index in [2.05, 4.69) is 4.99 Å². The van der Waals surface area contributed by atoms with Crippen LogP contribution in [0.4, 0.5) is 5.69 Å². The number of nitrogens with zero attached hydrogens (tertiary/aromatic N) is 3. The summed E-state index contributed by atoms with van der Waals surface area (Å²) in [5.41, 5.74) is 0.0629. The SMILES string of the molecule is O=C1N=C(N2CCOCC2)SC1=Cc1ccc(O)c([N+](=O)[O-])c1. The number of benzene rings is 1. The molecular weight excluding hydrogens is 322 g/mol. The van der Waals surface area contributed by atoms with Gasteiger partial charge in [-0.15, -0.1) is 0 Å². The Morgan fingerprint density at radius 2 is 2.13 bits per heavy atom. The zero-order valence-electron chi connectivity index (χ0n) is 12.0. The monoisotopic (exact) mass is 335 g/mol. The van der Waals surface area contributed by atoms with E-state index in [0.29, 0.717) is 41.9 Å². The number of aromatic hydroxyl groups is 1. The fourth-order valence-corrected chi connectivity index (χ4v) is 3.18. The summed E-state index contributed by atoms with van der Waals surface area (Å²) >= 11 is 1.24. The fraction of sp³-hybridized carbons (Fsp3) is 0.286. The minimum atomic E-state index is -0.670. The van der Waals surface area contributed by atoms with Gasteiger partial charge in [0.1, 0.15) is 0 Å². The predicted octanol–water partition coefficient (Wildman–Crippen LogP) is 1.60. The zero-order chi connectivity index (χ0) is 16.4. The number of morpholine rings is 1. The van der Waals surface area contributed by atoms with Crippen molar-refractivity contribution in [3.8, 4) is 5.75 Å². The van der Waals surface area contributed by atoms with Crippen LogP contribution < -0.4 is 0 Å². The van der Waals surface area contributed by atoms with Crippen molar-refractivity contribution < 1.29 is 19.6 Å². The third-order valence-electron chi connectivity index (χ3n) is 3.38. The number of rotatable bonds is 2. The molecule has 1 aromatic rings. The van der Waals surface area contributed by atoms with Gasteiger partial charge in [-0.3, -0.25) is 14.9 Å². The first-order valence-electron chi connectivity index (χ1n) is 6.87. The third kappa shape index (κ3) is 3.35. The van der Waals surface area contributed by atoms with E-state index in [0.717, 1.165) is 0 Å². The lowest BCUT2D eigenvalue weighted by Crippen LogP contribution is -2.38. The fourth-order valence-electron chi connectivity index (χ4n) is 2.22. The molecule has 0 atom stereocenters. The molecule has 1 fully saturated rings. The van der Waals surface area contributed by atoms with Gasteiger partial charge < -0.3 is 14.7 Å². The summed E-state index contributed by atoms with van der Waals surface area (Å²) in [5, 5.41) is 20.9. The van der Waals surface area contributed by atoms with E-state index in [4.69, 9.17) is 4.74 Å². The van der Waals surface area contributed by atoms with E-state index < -0.39 is 16.4 Å². The Hall–Kier alpha value is -2.39. The molecule has 1 amide bonds. The number of aliphatic imine (C=N–C) groups is 1. The summed E-state index contributed by atoms with van der Waals surface area (Å²) in [4.78, 5) is 28.6. The number of amidine groups is 1. The highest BCUT2D eigenvalue weighted by Gasteiger charge is 2.27. The molecule has 0 bridgehead atoms. The van der Waals surface area contributed by atoms with Gasteiger partial charge in [0.2, 0.25) is 0 Å². The average Bonchev–Trinajstić information content (AvgIpc) is 2.91. The minimum Gasteiger partial charge on any atom is -0.502 e. The van der Waals surface area contributed by atoms with Crippen molar-refractivity contribution in [2.75, 3.05) is 26.3 Å². The van der Waals surface area contributed by atoms with Gasteiger partial charge in [0.05, 0.1) is 23.0 Å². The number of hydrogen-bond donors (Lipinski definition) is 1. The summed E-state index contributed by atoms with van der Waals surface area (Å²) in [5.74, 6) is -0.778. The van der Waals surface area contributed by atoms with Crippen LogP contribution in [0.15, 0.2) is 28.1 Å².